The lowest BCUT2D eigenvalue weighted by molar-refractivity contribution is -0.127. The van der Waals surface area contributed by atoms with Gasteiger partial charge in [-0.2, -0.15) is 0 Å². The first-order chi connectivity index (χ1) is 14.4. The maximum absolute atomic E-state index is 13.0. The molecular formula is C21H24N2O6S. The molecule has 0 aromatic heterocycles. The van der Waals surface area contributed by atoms with Crippen LogP contribution in [0.3, 0.4) is 0 Å². The number of methoxy groups -OCH3 is 2. The van der Waals surface area contributed by atoms with Crippen LogP contribution in [0.15, 0.2) is 41.3 Å². The summed E-state index contributed by atoms with van der Waals surface area (Å²) in [4.78, 5) is 14.5. The molecule has 0 unspecified atom stereocenters. The first-order valence-electron chi connectivity index (χ1n) is 9.73. The van der Waals surface area contributed by atoms with Gasteiger partial charge in [0, 0.05) is 24.9 Å². The molecule has 8 nitrogen and oxygen atoms in total. The van der Waals surface area contributed by atoms with Crippen LogP contribution in [-0.4, -0.2) is 47.8 Å². The number of rotatable bonds is 6. The maximum Gasteiger partial charge on any atom is 0.265 e. The van der Waals surface area contributed by atoms with Gasteiger partial charge in [0.2, 0.25) is 0 Å². The van der Waals surface area contributed by atoms with Gasteiger partial charge in [-0.3, -0.25) is 9.52 Å². The van der Waals surface area contributed by atoms with Crippen molar-refractivity contribution in [3.8, 4) is 11.5 Å². The van der Waals surface area contributed by atoms with Crippen molar-refractivity contribution in [2.24, 2.45) is 0 Å². The molecule has 2 aliphatic rings. The number of anilines is 2. The Bertz CT molecular complexity index is 1060. The van der Waals surface area contributed by atoms with Crippen LogP contribution in [0.5, 0.6) is 11.5 Å². The van der Waals surface area contributed by atoms with Crippen LogP contribution in [0.2, 0.25) is 0 Å². The van der Waals surface area contributed by atoms with Gasteiger partial charge in [0.15, 0.2) is 0 Å². The number of fused-ring (bicyclic) bond motifs is 1. The van der Waals surface area contributed by atoms with Crippen LogP contribution in [0.1, 0.15) is 18.4 Å². The number of amides is 1. The van der Waals surface area contributed by atoms with Gasteiger partial charge in [0.05, 0.1) is 19.9 Å². The predicted molar refractivity (Wildman–Crippen MR) is 112 cm³/mol. The summed E-state index contributed by atoms with van der Waals surface area (Å²) in [7, 11) is -1.07. The number of nitrogens with zero attached hydrogens (tertiary/aromatic N) is 1. The first-order valence-corrected chi connectivity index (χ1v) is 11.2. The Labute approximate surface area is 175 Å². The zero-order valence-electron chi connectivity index (χ0n) is 16.9. The number of carbonyl (C=O) groups is 1. The van der Waals surface area contributed by atoms with E-state index in [0.717, 1.165) is 18.4 Å². The third-order valence-electron chi connectivity index (χ3n) is 5.36. The summed E-state index contributed by atoms with van der Waals surface area (Å²) in [5, 5.41) is 0. The minimum atomic E-state index is -3.94. The van der Waals surface area contributed by atoms with E-state index in [1.54, 1.807) is 23.1 Å². The monoisotopic (exact) mass is 432 g/mol. The highest BCUT2D eigenvalue weighted by molar-refractivity contribution is 7.92. The second-order valence-corrected chi connectivity index (χ2v) is 8.86. The molecule has 2 aromatic carbocycles. The highest BCUT2D eigenvalue weighted by atomic mass is 32.2. The molecular weight excluding hydrogens is 408 g/mol. The zero-order valence-corrected chi connectivity index (χ0v) is 17.7. The molecule has 1 atom stereocenters. The fourth-order valence-corrected chi connectivity index (χ4v) is 5.06. The fraction of sp³-hybridized carbons (Fsp3) is 0.381. The number of sulfonamides is 1. The third-order valence-corrected chi connectivity index (χ3v) is 6.77. The Hall–Kier alpha value is -2.78. The molecule has 1 N–H and O–H groups in total. The molecule has 2 aromatic rings. The first kappa shape index (κ1) is 20.5. The topological polar surface area (TPSA) is 94.2 Å². The predicted octanol–water partition coefficient (Wildman–Crippen LogP) is 2.57. The van der Waals surface area contributed by atoms with E-state index in [1.807, 2.05) is 6.07 Å². The number of carbonyl (C=O) groups excluding carboxylic acids is 1. The van der Waals surface area contributed by atoms with Crippen molar-refractivity contribution in [2.75, 3.05) is 37.0 Å². The van der Waals surface area contributed by atoms with E-state index >= 15 is 0 Å². The molecule has 9 heteroatoms. The standard InChI is InChI=1S/C21H24N2O6S/c1-27-16-7-8-18(28-2)20(13-16)30(25,26)22-15-6-5-14-9-10-23(17(14)12-15)21(24)19-4-3-11-29-19/h5-8,12-13,19,22H,3-4,9-11H2,1-2H3/t19-/m0/s1. The Kier molecular flexibility index (Phi) is 5.57. The Balaban J connectivity index is 1.62. The minimum absolute atomic E-state index is 0.0304. The largest absolute Gasteiger partial charge is 0.497 e. The summed E-state index contributed by atoms with van der Waals surface area (Å²) in [6.07, 6.45) is 1.90. The van der Waals surface area contributed by atoms with Crippen LogP contribution in [0.25, 0.3) is 0 Å². The summed E-state index contributed by atoms with van der Waals surface area (Å²) in [6, 6.07) is 9.81. The molecule has 0 aliphatic carbocycles. The van der Waals surface area contributed by atoms with Gasteiger partial charge in [-0.25, -0.2) is 8.42 Å². The normalized spacial score (nSPS) is 18.2. The van der Waals surface area contributed by atoms with Crippen molar-refractivity contribution < 1.29 is 27.4 Å². The SMILES string of the molecule is COc1ccc(OC)c(S(=O)(=O)Nc2ccc3c(c2)N(C(=O)[C@@H]2CCCO2)CC3)c1. The van der Waals surface area contributed by atoms with Gasteiger partial charge in [0.1, 0.15) is 22.5 Å². The number of ether oxygens (including phenoxy) is 3. The highest BCUT2D eigenvalue weighted by Gasteiger charge is 2.33. The van der Waals surface area contributed by atoms with E-state index in [4.69, 9.17) is 14.2 Å². The van der Waals surface area contributed by atoms with Gasteiger partial charge in [-0.15, -0.1) is 0 Å². The van der Waals surface area contributed by atoms with E-state index in [2.05, 4.69) is 4.72 Å². The van der Waals surface area contributed by atoms with E-state index in [0.29, 0.717) is 36.7 Å². The van der Waals surface area contributed by atoms with E-state index < -0.39 is 16.1 Å². The molecule has 0 spiro atoms. The lowest BCUT2D eigenvalue weighted by Gasteiger charge is -2.21. The van der Waals surface area contributed by atoms with Crippen LogP contribution in [0.4, 0.5) is 11.4 Å². The van der Waals surface area contributed by atoms with Crippen molar-refractivity contribution in [2.45, 2.75) is 30.3 Å². The van der Waals surface area contributed by atoms with E-state index in [-0.39, 0.29) is 16.6 Å². The molecule has 0 saturated carbocycles. The average molecular weight is 432 g/mol. The maximum atomic E-state index is 13.0. The lowest BCUT2D eigenvalue weighted by Crippen LogP contribution is -2.37. The van der Waals surface area contributed by atoms with Gasteiger partial charge in [-0.1, -0.05) is 6.07 Å². The summed E-state index contributed by atoms with van der Waals surface area (Å²) < 4.78 is 44.5. The molecule has 1 fully saturated rings. The number of hydrogen-bond donors (Lipinski definition) is 1. The van der Waals surface area contributed by atoms with Crippen molar-refractivity contribution in [1.29, 1.82) is 0 Å². The summed E-state index contributed by atoms with van der Waals surface area (Å²) in [5.74, 6) is 0.541. The Morgan fingerprint density at radius 3 is 2.70 bits per heavy atom. The van der Waals surface area contributed by atoms with Crippen LogP contribution >= 0.6 is 0 Å². The van der Waals surface area contributed by atoms with E-state index in [9.17, 15) is 13.2 Å². The van der Waals surface area contributed by atoms with Gasteiger partial charge in [0.25, 0.3) is 15.9 Å². The van der Waals surface area contributed by atoms with Crippen molar-refractivity contribution in [3.63, 3.8) is 0 Å². The number of benzene rings is 2. The van der Waals surface area contributed by atoms with Gasteiger partial charge < -0.3 is 19.1 Å². The molecule has 1 amide bonds. The Morgan fingerprint density at radius 1 is 1.17 bits per heavy atom. The molecule has 2 aliphatic heterocycles. The molecule has 2 heterocycles. The Morgan fingerprint density at radius 2 is 2.00 bits per heavy atom. The summed E-state index contributed by atoms with van der Waals surface area (Å²) >= 11 is 0. The van der Waals surface area contributed by atoms with Crippen LogP contribution < -0.4 is 19.1 Å². The van der Waals surface area contributed by atoms with Gasteiger partial charge >= 0.3 is 0 Å². The quantitative estimate of drug-likeness (QED) is 0.754. The van der Waals surface area contributed by atoms with Crippen molar-refractivity contribution in [3.05, 3.63) is 42.0 Å². The van der Waals surface area contributed by atoms with E-state index in [1.165, 1.54) is 26.4 Å². The smallest absolute Gasteiger partial charge is 0.265 e. The lowest BCUT2D eigenvalue weighted by atomic mass is 10.1. The van der Waals surface area contributed by atoms with Crippen molar-refractivity contribution in [1.82, 2.24) is 0 Å². The van der Waals surface area contributed by atoms with Gasteiger partial charge in [-0.05, 0) is 49.1 Å². The summed E-state index contributed by atoms with van der Waals surface area (Å²) in [5.41, 5.74) is 2.09. The second kappa shape index (κ2) is 8.16. The van der Waals surface area contributed by atoms with Crippen LogP contribution in [-0.2, 0) is 26.0 Å². The summed E-state index contributed by atoms with van der Waals surface area (Å²) in [6.45, 7) is 1.16. The number of hydrogen-bond acceptors (Lipinski definition) is 6. The van der Waals surface area contributed by atoms with Crippen LogP contribution in [0, 0.1) is 0 Å². The molecule has 4 rings (SSSR count). The molecule has 160 valence electrons. The fourth-order valence-electron chi connectivity index (χ4n) is 3.82. The molecule has 0 bridgehead atoms. The molecule has 1 saturated heterocycles. The third kappa shape index (κ3) is 3.82. The number of nitrogens with one attached hydrogen (secondary N) is 1. The second-order valence-electron chi connectivity index (χ2n) is 7.21. The minimum Gasteiger partial charge on any atom is -0.497 e. The zero-order chi connectivity index (χ0) is 21.3. The highest BCUT2D eigenvalue weighted by Crippen LogP contribution is 2.34. The molecule has 30 heavy (non-hydrogen) atoms. The average Bonchev–Trinajstić information content (AvgIpc) is 3.42. The van der Waals surface area contributed by atoms with Crippen molar-refractivity contribution >= 4 is 27.3 Å². The molecule has 0 radical (unpaired) electrons.